The van der Waals surface area contributed by atoms with E-state index in [2.05, 4.69) is 6.07 Å². The minimum atomic E-state index is -3.52. The fourth-order valence-electron chi connectivity index (χ4n) is 1.89. The van der Waals surface area contributed by atoms with Gasteiger partial charge in [0, 0.05) is 13.1 Å². The molecular weight excluding hydrogens is 238 g/mol. The molecule has 0 bridgehead atoms. The zero-order chi connectivity index (χ0) is 13.1. The summed E-state index contributed by atoms with van der Waals surface area (Å²) in [6.45, 7) is 4.21. The van der Waals surface area contributed by atoms with Gasteiger partial charge in [-0.1, -0.05) is 6.92 Å². The average Bonchev–Trinajstić information content (AvgIpc) is 2.31. The predicted molar refractivity (Wildman–Crippen MR) is 63.1 cm³/mol. The van der Waals surface area contributed by atoms with Crippen LogP contribution in [0.1, 0.15) is 33.1 Å². The lowest BCUT2D eigenvalue weighted by Gasteiger charge is -2.34. The molecule has 1 unspecified atom stereocenters. The number of piperidine rings is 1. The SMILES string of the molecule is CCC(C#N)S(=O)(=O)N1CCC(C)(C#N)CC1. The van der Waals surface area contributed by atoms with Crippen LogP contribution in [-0.4, -0.2) is 31.1 Å². The van der Waals surface area contributed by atoms with Crippen molar-refractivity contribution in [1.82, 2.24) is 4.31 Å². The lowest BCUT2D eigenvalue weighted by molar-refractivity contribution is 0.231. The average molecular weight is 255 g/mol. The van der Waals surface area contributed by atoms with E-state index >= 15 is 0 Å². The molecule has 1 rings (SSSR count). The quantitative estimate of drug-likeness (QED) is 0.759. The molecule has 0 radical (unpaired) electrons. The van der Waals surface area contributed by atoms with Gasteiger partial charge < -0.3 is 0 Å². The predicted octanol–water partition coefficient (Wildman–Crippen LogP) is 1.24. The van der Waals surface area contributed by atoms with Crippen LogP contribution < -0.4 is 0 Å². The third-order valence-electron chi connectivity index (χ3n) is 3.33. The van der Waals surface area contributed by atoms with Gasteiger partial charge in [-0.15, -0.1) is 0 Å². The number of sulfonamides is 1. The van der Waals surface area contributed by atoms with Gasteiger partial charge >= 0.3 is 0 Å². The lowest BCUT2D eigenvalue weighted by Crippen LogP contribution is -2.45. The Morgan fingerprint density at radius 2 is 1.88 bits per heavy atom. The first kappa shape index (κ1) is 14.0. The van der Waals surface area contributed by atoms with Gasteiger partial charge in [-0.3, -0.25) is 0 Å². The lowest BCUT2D eigenvalue weighted by atomic mass is 9.83. The van der Waals surface area contributed by atoms with Crippen molar-refractivity contribution in [3.05, 3.63) is 0 Å². The number of rotatable bonds is 3. The molecule has 0 N–H and O–H groups in total. The van der Waals surface area contributed by atoms with Crippen molar-refractivity contribution in [2.45, 2.75) is 38.4 Å². The van der Waals surface area contributed by atoms with Gasteiger partial charge in [0.25, 0.3) is 0 Å². The molecule has 17 heavy (non-hydrogen) atoms. The highest BCUT2D eigenvalue weighted by Crippen LogP contribution is 2.31. The second-order valence-corrected chi connectivity index (χ2v) is 6.76. The summed E-state index contributed by atoms with van der Waals surface area (Å²) in [5.41, 5.74) is -0.430. The van der Waals surface area contributed by atoms with E-state index in [1.54, 1.807) is 6.92 Å². The summed E-state index contributed by atoms with van der Waals surface area (Å²) < 4.78 is 25.5. The zero-order valence-electron chi connectivity index (χ0n) is 10.2. The highest BCUT2D eigenvalue weighted by Gasteiger charge is 2.37. The molecule has 1 heterocycles. The fraction of sp³-hybridized carbons (Fsp3) is 0.818. The van der Waals surface area contributed by atoms with Crippen LogP contribution in [0.4, 0.5) is 0 Å². The summed E-state index contributed by atoms with van der Waals surface area (Å²) in [6.07, 6.45) is 1.36. The monoisotopic (exact) mass is 255 g/mol. The molecule has 0 aromatic rings. The number of hydrogen-bond donors (Lipinski definition) is 0. The van der Waals surface area contributed by atoms with Gasteiger partial charge in [0.1, 0.15) is 0 Å². The number of nitriles is 2. The van der Waals surface area contributed by atoms with Gasteiger partial charge in [0.05, 0.1) is 17.6 Å². The first-order valence-electron chi connectivity index (χ1n) is 5.69. The summed E-state index contributed by atoms with van der Waals surface area (Å²) in [4.78, 5) is 0. The van der Waals surface area contributed by atoms with E-state index in [1.165, 1.54) is 4.31 Å². The Labute approximate surface area is 103 Å². The topological polar surface area (TPSA) is 85.0 Å². The molecule has 0 aromatic carbocycles. The van der Waals surface area contributed by atoms with Crippen LogP contribution in [0.5, 0.6) is 0 Å². The normalized spacial score (nSPS) is 22.4. The summed E-state index contributed by atoms with van der Waals surface area (Å²) in [6, 6.07) is 4.05. The van der Waals surface area contributed by atoms with Crippen molar-refractivity contribution in [1.29, 1.82) is 10.5 Å². The third kappa shape index (κ3) is 2.77. The van der Waals surface area contributed by atoms with E-state index < -0.39 is 20.7 Å². The van der Waals surface area contributed by atoms with Crippen molar-refractivity contribution in [2.24, 2.45) is 5.41 Å². The molecule has 6 heteroatoms. The molecule has 0 amide bonds. The van der Waals surface area contributed by atoms with E-state index in [-0.39, 0.29) is 0 Å². The Balaban J connectivity index is 2.80. The first-order valence-corrected chi connectivity index (χ1v) is 7.20. The molecule has 1 aliphatic heterocycles. The number of nitrogens with zero attached hydrogens (tertiary/aromatic N) is 3. The standard InChI is InChI=1S/C11H17N3O2S/c1-3-10(8-12)17(15,16)14-6-4-11(2,9-13)5-7-14/h10H,3-7H2,1-2H3. The van der Waals surface area contributed by atoms with Gasteiger partial charge in [-0.25, -0.2) is 12.7 Å². The van der Waals surface area contributed by atoms with Crippen molar-refractivity contribution in [2.75, 3.05) is 13.1 Å². The molecule has 0 saturated carbocycles. The Kier molecular flexibility index (Phi) is 4.13. The van der Waals surface area contributed by atoms with Crippen molar-refractivity contribution in [3.8, 4) is 12.1 Å². The largest absolute Gasteiger partial charge is 0.230 e. The molecule has 5 nitrogen and oxygen atoms in total. The van der Waals surface area contributed by atoms with Gasteiger partial charge in [0.2, 0.25) is 10.0 Å². The highest BCUT2D eigenvalue weighted by molar-refractivity contribution is 7.90. The molecule has 0 spiro atoms. The molecular formula is C11H17N3O2S. The minimum absolute atomic E-state index is 0.296. The van der Waals surface area contributed by atoms with Gasteiger partial charge in [0.15, 0.2) is 5.25 Å². The Morgan fingerprint density at radius 3 is 2.24 bits per heavy atom. The summed E-state index contributed by atoms with van der Waals surface area (Å²) in [7, 11) is -3.52. The zero-order valence-corrected chi connectivity index (χ0v) is 11.0. The Hall–Kier alpha value is -1.11. The Morgan fingerprint density at radius 1 is 1.35 bits per heavy atom. The summed E-state index contributed by atoms with van der Waals surface area (Å²) >= 11 is 0. The Bertz CT molecular complexity index is 450. The molecule has 0 aliphatic carbocycles. The second-order valence-electron chi connectivity index (χ2n) is 4.64. The summed E-state index contributed by atoms with van der Waals surface area (Å²) in [5.74, 6) is 0. The van der Waals surface area contributed by atoms with E-state index in [1.807, 2.05) is 13.0 Å². The molecule has 1 atom stereocenters. The maximum Gasteiger partial charge on any atom is 0.230 e. The first-order chi connectivity index (χ1) is 7.89. The molecule has 1 aliphatic rings. The molecule has 1 fully saturated rings. The van der Waals surface area contributed by atoms with E-state index in [0.717, 1.165) is 0 Å². The number of hydrogen-bond acceptors (Lipinski definition) is 4. The van der Waals surface area contributed by atoms with Crippen LogP contribution in [0.15, 0.2) is 0 Å². The van der Waals surface area contributed by atoms with Crippen molar-refractivity contribution in [3.63, 3.8) is 0 Å². The van der Waals surface area contributed by atoms with E-state index in [4.69, 9.17) is 10.5 Å². The van der Waals surface area contributed by atoms with Crippen LogP contribution in [0.3, 0.4) is 0 Å². The summed E-state index contributed by atoms with van der Waals surface area (Å²) in [5, 5.41) is 16.8. The minimum Gasteiger partial charge on any atom is -0.211 e. The van der Waals surface area contributed by atoms with Crippen LogP contribution in [0, 0.1) is 28.1 Å². The fourth-order valence-corrected chi connectivity index (χ4v) is 3.50. The maximum absolute atomic E-state index is 12.1. The third-order valence-corrected chi connectivity index (χ3v) is 5.57. The molecule has 94 valence electrons. The van der Waals surface area contributed by atoms with Gasteiger partial charge in [-0.05, 0) is 26.2 Å². The van der Waals surface area contributed by atoms with Crippen LogP contribution >= 0.6 is 0 Å². The smallest absolute Gasteiger partial charge is 0.211 e. The molecule has 1 saturated heterocycles. The second kappa shape index (κ2) is 5.03. The van der Waals surface area contributed by atoms with Crippen LogP contribution in [0.25, 0.3) is 0 Å². The molecule has 0 aromatic heterocycles. The maximum atomic E-state index is 12.1. The van der Waals surface area contributed by atoms with Gasteiger partial charge in [-0.2, -0.15) is 10.5 Å². The highest BCUT2D eigenvalue weighted by atomic mass is 32.2. The van der Waals surface area contributed by atoms with E-state index in [0.29, 0.717) is 32.4 Å². The van der Waals surface area contributed by atoms with Crippen LogP contribution in [0.2, 0.25) is 0 Å². The van der Waals surface area contributed by atoms with Crippen molar-refractivity contribution >= 4 is 10.0 Å². The van der Waals surface area contributed by atoms with Crippen molar-refractivity contribution < 1.29 is 8.42 Å². The van der Waals surface area contributed by atoms with E-state index in [9.17, 15) is 8.42 Å². The van der Waals surface area contributed by atoms with Crippen LogP contribution in [-0.2, 0) is 10.0 Å².